The first-order valence-corrected chi connectivity index (χ1v) is 13.2. The van der Waals surface area contributed by atoms with Crippen LogP contribution in [0, 0.1) is 12.7 Å². The second-order valence-electron chi connectivity index (χ2n) is 9.60. The average Bonchev–Trinajstić information content (AvgIpc) is 3.53. The molecule has 3 atom stereocenters. The summed E-state index contributed by atoms with van der Waals surface area (Å²) in [7, 11) is 0. The molecule has 0 bridgehead atoms. The van der Waals surface area contributed by atoms with E-state index in [1.165, 1.54) is 22.4 Å². The second-order valence-corrected chi connectivity index (χ2v) is 10.8. The number of thioether (sulfide) groups is 1. The van der Waals surface area contributed by atoms with Gasteiger partial charge in [-0.05, 0) is 37.1 Å². The van der Waals surface area contributed by atoms with Crippen molar-refractivity contribution in [2.24, 2.45) is 0 Å². The van der Waals surface area contributed by atoms with E-state index in [-0.39, 0.29) is 42.4 Å². The number of amides is 1. The third kappa shape index (κ3) is 3.67. The molecule has 1 amide bonds. The summed E-state index contributed by atoms with van der Waals surface area (Å²) in [4.78, 5) is 44.0. The maximum Gasteiger partial charge on any atom is 0.343 e. The molecule has 6 rings (SSSR count). The van der Waals surface area contributed by atoms with Crippen LogP contribution in [0.15, 0.2) is 29.1 Å². The van der Waals surface area contributed by atoms with Crippen molar-refractivity contribution in [3.63, 3.8) is 0 Å². The van der Waals surface area contributed by atoms with Crippen LogP contribution in [0.5, 0.6) is 0 Å². The number of carbonyl (C=O) groups is 2. The number of hydrogen-bond donors (Lipinski definition) is 3. The smallest absolute Gasteiger partial charge is 0.343 e. The molecule has 5 heterocycles. The van der Waals surface area contributed by atoms with E-state index < -0.39 is 28.6 Å². The summed E-state index contributed by atoms with van der Waals surface area (Å²) in [6.07, 6.45) is -1.06. The number of pyridine rings is 2. The van der Waals surface area contributed by atoms with Crippen LogP contribution in [0.2, 0.25) is 0 Å². The van der Waals surface area contributed by atoms with Gasteiger partial charge < -0.3 is 19.7 Å². The van der Waals surface area contributed by atoms with Gasteiger partial charge in [-0.25, -0.2) is 14.2 Å². The molecule has 3 aromatic rings. The molecule has 9 nitrogen and oxygen atoms in total. The lowest BCUT2D eigenvalue weighted by molar-refractivity contribution is -0.178. The SMILES string of the molecule is CCC1(O)C(=O)O[C@H](CNC(=O)[C@H]2NCCS2)c2c1cc1n(c2=O)Cc2cc3cc(C)c(F)cc3nc2-1. The molecule has 0 spiro atoms. The van der Waals surface area contributed by atoms with Crippen LogP contribution in [0.4, 0.5) is 4.39 Å². The molecular formula is C26H25FN4O5S. The van der Waals surface area contributed by atoms with Crippen molar-refractivity contribution in [1.82, 2.24) is 20.2 Å². The molecule has 1 aromatic carbocycles. The van der Waals surface area contributed by atoms with E-state index in [0.29, 0.717) is 22.5 Å². The van der Waals surface area contributed by atoms with E-state index in [9.17, 15) is 23.9 Å². The topological polar surface area (TPSA) is 123 Å². The summed E-state index contributed by atoms with van der Waals surface area (Å²) in [5.74, 6) is -0.697. The van der Waals surface area contributed by atoms with Gasteiger partial charge in [-0.15, -0.1) is 11.8 Å². The molecule has 0 radical (unpaired) electrons. The molecule has 1 fully saturated rings. The number of benzene rings is 1. The van der Waals surface area contributed by atoms with Crippen molar-refractivity contribution in [2.45, 2.75) is 43.9 Å². The molecule has 37 heavy (non-hydrogen) atoms. The van der Waals surface area contributed by atoms with Gasteiger partial charge in [-0.3, -0.25) is 14.9 Å². The summed E-state index contributed by atoms with van der Waals surface area (Å²) in [6, 6.07) is 6.57. The van der Waals surface area contributed by atoms with Crippen molar-refractivity contribution >= 4 is 34.5 Å². The Labute approximate surface area is 215 Å². The first-order valence-electron chi connectivity index (χ1n) is 12.2. The number of hydrogen-bond acceptors (Lipinski definition) is 8. The number of rotatable bonds is 4. The number of nitrogens with zero attached hydrogens (tertiary/aromatic N) is 2. The number of aryl methyl sites for hydroxylation is 1. The number of nitrogens with one attached hydrogen (secondary N) is 2. The van der Waals surface area contributed by atoms with Crippen LogP contribution in [-0.2, 0) is 26.5 Å². The maximum absolute atomic E-state index is 14.2. The maximum atomic E-state index is 14.2. The lowest BCUT2D eigenvalue weighted by Crippen LogP contribution is -2.49. The second kappa shape index (κ2) is 8.64. The number of cyclic esters (lactones) is 1. The van der Waals surface area contributed by atoms with E-state index in [2.05, 4.69) is 15.6 Å². The zero-order valence-electron chi connectivity index (χ0n) is 20.3. The first-order chi connectivity index (χ1) is 17.7. The number of fused-ring (bicyclic) bond motifs is 5. The van der Waals surface area contributed by atoms with Gasteiger partial charge in [0, 0.05) is 34.9 Å². The van der Waals surface area contributed by atoms with Gasteiger partial charge in [-0.2, -0.15) is 0 Å². The Hall–Kier alpha value is -3.28. The average molecular weight is 525 g/mol. The number of esters is 1. The molecular weight excluding hydrogens is 499 g/mol. The lowest BCUT2D eigenvalue weighted by Gasteiger charge is -2.36. The van der Waals surface area contributed by atoms with Crippen LogP contribution in [-0.4, -0.2) is 50.8 Å². The predicted octanol–water partition coefficient (Wildman–Crippen LogP) is 1.85. The molecule has 192 valence electrons. The normalized spacial score (nSPS) is 23.9. The Morgan fingerprint density at radius 1 is 1.35 bits per heavy atom. The number of aliphatic hydroxyl groups is 1. The van der Waals surface area contributed by atoms with Crippen molar-refractivity contribution in [2.75, 3.05) is 18.8 Å². The van der Waals surface area contributed by atoms with Crippen molar-refractivity contribution in [1.29, 1.82) is 0 Å². The van der Waals surface area contributed by atoms with Gasteiger partial charge in [0.15, 0.2) is 5.60 Å². The zero-order valence-corrected chi connectivity index (χ0v) is 21.1. The number of aromatic nitrogens is 2. The van der Waals surface area contributed by atoms with Gasteiger partial charge in [-0.1, -0.05) is 6.92 Å². The minimum atomic E-state index is -2.02. The summed E-state index contributed by atoms with van der Waals surface area (Å²) in [5.41, 5.74) is 0.514. The Kier molecular flexibility index (Phi) is 5.62. The van der Waals surface area contributed by atoms with E-state index >= 15 is 0 Å². The lowest BCUT2D eigenvalue weighted by atomic mass is 9.83. The quantitative estimate of drug-likeness (QED) is 0.346. The van der Waals surface area contributed by atoms with Gasteiger partial charge in [0.25, 0.3) is 5.56 Å². The van der Waals surface area contributed by atoms with Crippen molar-refractivity contribution in [3.05, 3.63) is 62.7 Å². The van der Waals surface area contributed by atoms with Crippen LogP contribution < -0.4 is 16.2 Å². The third-order valence-electron chi connectivity index (χ3n) is 7.37. The fraction of sp³-hybridized carbons (Fsp3) is 0.385. The minimum absolute atomic E-state index is 0.00800. The van der Waals surface area contributed by atoms with Crippen molar-refractivity contribution < 1.29 is 23.8 Å². The van der Waals surface area contributed by atoms with Crippen molar-refractivity contribution in [3.8, 4) is 11.4 Å². The molecule has 3 aliphatic heterocycles. The Morgan fingerprint density at radius 2 is 2.16 bits per heavy atom. The van der Waals surface area contributed by atoms with Crippen LogP contribution >= 0.6 is 11.8 Å². The Morgan fingerprint density at radius 3 is 2.89 bits per heavy atom. The monoisotopic (exact) mass is 524 g/mol. The minimum Gasteiger partial charge on any atom is -0.453 e. The van der Waals surface area contributed by atoms with E-state index in [4.69, 9.17) is 4.74 Å². The predicted molar refractivity (Wildman–Crippen MR) is 136 cm³/mol. The number of halogens is 1. The Bertz CT molecular complexity index is 1550. The fourth-order valence-corrected chi connectivity index (χ4v) is 6.23. The zero-order chi connectivity index (χ0) is 26.1. The molecule has 1 unspecified atom stereocenters. The molecule has 11 heteroatoms. The molecule has 1 saturated heterocycles. The standard InChI is InChI=1S/C26H25FN4O5S/c1-3-26(35)15-8-18-21-14(7-13-6-12(2)16(27)9-17(13)30-21)11-31(18)24(33)20(15)19(36-25(26)34)10-29-22(32)23-28-4-5-37-23/h6-9,19,23,28,35H,3-5,10-11H2,1-2H3,(H,29,32)/t19-,23+,26?/m1/s1. The van der Waals surface area contributed by atoms with Gasteiger partial charge in [0.05, 0.1) is 35.6 Å². The fourth-order valence-electron chi connectivity index (χ4n) is 5.29. The summed E-state index contributed by atoms with van der Waals surface area (Å²) < 4.78 is 21.3. The van der Waals surface area contributed by atoms with Crippen LogP contribution in [0.3, 0.4) is 0 Å². The highest BCUT2D eigenvalue weighted by Crippen LogP contribution is 2.41. The van der Waals surface area contributed by atoms with Gasteiger partial charge in [0.2, 0.25) is 5.91 Å². The first kappa shape index (κ1) is 24.1. The highest BCUT2D eigenvalue weighted by molar-refractivity contribution is 8.00. The third-order valence-corrected chi connectivity index (χ3v) is 8.52. The number of carbonyl (C=O) groups excluding carboxylic acids is 2. The molecule has 2 aromatic heterocycles. The molecule has 0 aliphatic carbocycles. The summed E-state index contributed by atoms with van der Waals surface area (Å²) in [5, 5.41) is 17.5. The molecule has 0 saturated carbocycles. The number of ether oxygens (including phenoxy) is 1. The molecule has 3 aliphatic rings. The van der Waals surface area contributed by atoms with E-state index in [0.717, 1.165) is 23.2 Å². The highest BCUT2D eigenvalue weighted by atomic mass is 32.2. The Balaban J connectivity index is 1.45. The molecule has 3 N–H and O–H groups in total. The summed E-state index contributed by atoms with van der Waals surface area (Å²) >= 11 is 1.47. The highest BCUT2D eigenvalue weighted by Gasteiger charge is 2.49. The van der Waals surface area contributed by atoms with E-state index in [1.807, 2.05) is 6.07 Å². The van der Waals surface area contributed by atoms with E-state index in [1.54, 1.807) is 26.0 Å². The van der Waals surface area contributed by atoms with Crippen LogP contribution in [0.25, 0.3) is 22.3 Å². The van der Waals surface area contributed by atoms with Crippen LogP contribution in [0.1, 0.15) is 41.7 Å². The van der Waals surface area contributed by atoms with Gasteiger partial charge >= 0.3 is 5.97 Å². The van der Waals surface area contributed by atoms with Gasteiger partial charge in [0.1, 0.15) is 17.3 Å². The largest absolute Gasteiger partial charge is 0.453 e. The summed E-state index contributed by atoms with van der Waals surface area (Å²) in [6.45, 7) is 4.16.